The number of carbonyl (C=O) groups excluding carboxylic acids is 2. The van der Waals surface area contributed by atoms with Crippen LogP contribution in [-0.4, -0.2) is 28.1 Å². The fourth-order valence-corrected chi connectivity index (χ4v) is 7.56. The number of rotatable bonds is 2. The lowest BCUT2D eigenvalue weighted by atomic mass is 9.47. The summed E-state index contributed by atoms with van der Waals surface area (Å²) in [7, 11) is 0. The lowest BCUT2D eigenvalue weighted by Gasteiger charge is -2.58. The number of ketones is 1. The van der Waals surface area contributed by atoms with E-state index in [1.54, 1.807) is 12.2 Å². The molecule has 0 aliphatic heterocycles. The van der Waals surface area contributed by atoms with Crippen LogP contribution in [0.3, 0.4) is 0 Å². The Morgan fingerprint density at radius 3 is 2.85 bits per heavy atom. The fourth-order valence-electron chi connectivity index (χ4n) is 6.87. The highest BCUT2D eigenvalue weighted by molar-refractivity contribution is 8.13. The number of aliphatic hydroxyl groups is 1. The molecular formula is C21H27FO3S. The van der Waals surface area contributed by atoms with Crippen LogP contribution < -0.4 is 0 Å². The molecule has 0 saturated heterocycles. The molecule has 3 saturated carbocycles. The number of carbonyl (C=O) groups is 2. The van der Waals surface area contributed by atoms with Gasteiger partial charge in [0.2, 0.25) is 0 Å². The number of thioether (sulfide) groups is 1. The molecule has 7 atom stereocenters. The van der Waals surface area contributed by atoms with Crippen LogP contribution in [0.4, 0.5) is 4.39 Å². The molecule has 4 aliphatic rings. The van der Waals surface area contributed by atoms with Crippen LogP contribution in [-0.2, 0) is 9.59 Å². The zero-order valence-corrected chi connectivity index (χ0v) is 16.2. The van der Waals surface area contributed by atoms with E-state index in [2.05, 4.69) is 13.8 Å². The van der Waals surface area contributed by atoms with E-state index in [1.807, 2.05) is 6.08 Å². The molecule has 0 aromatic rings. The summed E-state index contributed by atoms with van der Waals surface area (Å²) in [5.41, 5.74) is 0.631. The first kappa shape index (κ1) is 18.4. The second-order valence-corrected chi connectivity index (χ2v) is 9.91. The van der Waals surface area contributed by atoms with Crippen molar-refractivity contribution in [1.29, 1.82) is 0 Å². The maximum atomic E-state index is 12.7. The zero-order valence-electron chi connectivity index (χ0n) is 15.4. The molecule has 0 spiro atoms. The van der Waals surface area contributed by atoms with Crippen LogP contribution in [0.5, 0.6) is 0 Å². The quantitative estimate of drug-likeness (QED) is 0.787. The van der Waals surface area contributed by atoms with Crippen LogP contribution >= 0.6 is 11.8 Å². The number of halogens is 1. The Hall–Kier alpha value is -0.940. The van der Waals surface area contributed by atoms with Gasteiger partial charge in [0, 0.05) is 17.3 Å². The standard InChI is InChI=1S/C21H27FO3S/c1-20-8-7-13(23)9-12(20)3-4-14-15-5-6-16(19(25)26-11-22)21(15,2)10-17(24)18(14)20/h7-9,14-18,24H,3-6,10-11H2,1-2H3/t14-,15-,16+,17-,18?,20-,21-/m0/s1. The van der Waals surface area contributed by atoms with Gasteiger partial charge in [-0.1, -0.05) is 37.3 Å². The van der Waals surface area contributed by atoms with Gasteiger partial charge in [0.25, 0.3) is 0 Å². The average molecular weight is 379 g/mol. The molecule has 0 radical (unpaired) electrons. The Bertz CT molecular complexity index is 701. The van der Waals surface area contributed by atoms with Crippen molar-refractivity contribution in [1.82, 2.24) is 0 Å². The summed E-state index contributed by atoms with van der Waals surface area (Å²) in [4.78, 5) is 24.3. The Morgan fingerprint density at radius 2 is 2.12 bits per heavy atom. The van der Waals surface area contributed by atoms with Crippen LogP contribution in [0.15, 0.2) is 23.8 Å². The first-order valence-electron chi connectivity index (χ1n) is 9.66. The van der Waals surface area contributed by atoms with E-state index in [0.717, 1.165) is 43.0 Å². The van der Waals surface area contributed by atoms with Gasteiger partial charge in [-0.05, 0) is 61.5 Å². The van der Waals surface area contributed by atoms with Crippen molar-refractivity contribution < 1.29 is 19.1 Å². The summed E-state index contributed by atoms with van der Waals surface area (Å²) >= 11 is 0.786. The van der Waals surface area contributed by atoms with Crippen molar-refractivity contribution in [3.63, 3.8) is 0 Å². The van der Waals surface area contributed by atoms with E-state index in [-0.39, 0.29) is 33.6 Å². The molecule has 3 fully saturated rings. The third kappa shape index (κ3) is 2.50. The smallest absolute Gasteiger partial charge is 0.195 e. The van der Waals surface area contributed by atoms with Crippen molar-refractivity contribution in [2.24, 2.45) is 34.5 Å². The molecule has 1 N–H and O–H groups in total. The van der Waals surface area contributed by atoms with Crippen LogP contribution in [0.1, 0.15) is 46.0 Å². The van der Waals surface area contributed by atoms with Crippen molar-refractivity contribution in [3.05, 3.63) is 23.8 Å². The van der Waals surface area contributed by atoms with Crippen LogP contribution in [0.25, 0.3) is 0 Å². The Balaban J connectivity index is 1.68. The van der Waals surface area contributed by atoms with Gasteiger partial charge < -0.3 is 5.11 Å². The summed E-state index contributed by atoms with van der Waals surface area (Å²) in [6.45, 7) is 4.29. The molecule has 1 unspecified atom stereocenters. The maximum absolute atomic E-state index is 12.7. The van der Waals surface area contributed by atoms with Gasteiger partial charge in [-0.25, -0.2) is 4.39 Å². The monoisotopic (exact) mass is 378 g/mol. The molecule has 3 nitrogen and oxygen atoms in total. The Labute approximate surface area is 158 Å². The van der Waals surface area contributed by atoms with E-state index < -0.39 is 12.1 Å². The summed E-state index contributed by atoms with van der Waals surface area (Å²) in [5.74, 6) is 0.705. The predicted octanol–water partition coefficient (Wildman–Crippen LogP) is 4.07. The first-order chi connectivity index (χ1) is 12.3. The minimum atomic E-state index is -0.671. The number of aliphatic hydroxyl groups excluding tert-OH is 1. The van der Waals surface area contributed by atoms with E-state index in [1.165, 1.54) is 0 Å². The van der Waals surface area contributed by atoms with E-state index in [9.17, 15) is 19.1 Å². The largest absolute Gasteiger partial charge is 0.393 e. The second kappa shape index (κ2) is 6.30. The predicted molar refractivity (Wildman–Crippen MR) is 100 cm³/mol. The van der Waals surface area contributed by atoms with Gasteiger partial charge in [-0.2, -0.15) is 0 Å². The molecule has 5 heteroatoms. The van der Waals surface area contributed by atoms with Gasteiger partial charge in [0.1, 0.15) is 6.01 Å². The van der Waals surface area contributed by atoms with Crippen molar-refractivity contribution >= 4 is 22.7 Å². The lowest BCUT2D eigenvalue weighted by molar-refractivity contribution is -0.132. The molecule has 26 heavy (non-hydrogen) atoms. The summed E-state index contributed by atoms with van der Waals surface area (Å²) in [6, 6.07) is -0.671. The molecule has 0 aromatic heterocycles. The Kier molecular flexibility index (Phi) is 4.47. The van der Waals surface area contributed by atoms with Gasteiger partial charge in [-0.3, -0.25) is 9.59 Å². The van der Waals surface area contributed by atoms with Crippen LogP contribution in [0, 0.1) is 34.5 Å². The lowest BCUT2D eigenvalue weighted by Crippen LogP contribution is -2.56. The maximum Gasteiger partial charge on any atom is 0.195 e. The Morgan fingerprint density at radius 1 is 1.35 bits per heavy atom. The number of fused-ring (bicyclic) bond motifs is 5. The van der Waals surface area contributed by atoms with Crippen molar-refractivity contribution in [2.75, 3.05) is 6.01 Å². The van der Waals surface area contributed by atoms with Gasteiger partial charge >= 0.3 is 0 Å². The van der Waals surface area contributed by atoms with Gasteiger partial charge in [0.05, 0.1) is 6.10 Å². The summed E-state index contributed by atoms with van der Waals surface area (Å²) in [5, 5.41) is 11.1. The minimum Gasteiger partial charge on any atom is -0.393 e. The normalized spacial score (nSPS) is 47.0. The van der Waals surface area contributed by atoms with Crippen LogP contribution in [0.2, 0.25) is 0 Å². The molecular weight excluding hydrogens is 351 g/mol. The van der Waals surface area contributed by atoms with Crippen molar-refractivity contribution in [2.45, 2.75) is 52.1 Å². The zero-order chi connectivity index (χ0) is 18.7. The minimum absolute atomic E-state index is 0.0424. The highest BCUT2D eigenvalue weighted by Gasteiger charge is 2.62. The van der Waals surface area contributed by atoms with Gasteiger partial charge in [0.15, 0.2) is 10.9 Å². The first-order valence-corrected chi connectivity index (χ1v) is 10.6. The molecule has 4 aliphatic carbocycles. The third-order valence-electron chi connectivity index (χ3n) is 7.97. The summed E-state index contributed by atoms with van der Waals surface area (Å²) in [6.07, 6.45) is 9.11. The molecule has 0 amide bonds. The number of allylic oxidation sites excluding steroid dienone is 4. The van der Waals surface area contributed by atoms with E-state index >= 15 is 0 Å². The number of hydrogen-bond acceptors (Lipinski definition) is 4. The fraction of sp³-hybridized carbons (Fsp3) is 0.714. The van der Waals surface area contributed by atoms with E-state index in [0.29, 0.717) is 18.3 Å². The second-order valence-electron chi connectivity index (χ2n) is 9.00. The molecule has 4 rings (SSSR count). The average Bonchev–Trinajstić information content (AvgIpc) is 2.92. The molecule has 0 aromatic carbocycles. The molecule has 0 bridgehead atoms. The third-order valence-corrected chi connectivity index (χ3v) is 8.65. The molecule has 142 valence electrons. The highest BCUT2D eigenvalue weighted by atomic mass is 32.2. The SMILES string of the molecule is C[C@]12C[C@H](O)C3[C@@H](CCC4=CC(=O)C=C[C@@]43C)[C@@H]1CC[C@@H]2C(=O)SCF. The van der Waals surface area contributed by atoms with Crippen molar-refractivity contribution in [3.8, 4) is 0 Å². The van der Waals surface area contributed by atoms with E-state index in [4.69, 9.17) is 0 Å². The molecule has 0 heterocycles. The number of alkyl halides is 1. The van der Waals surface area contributed by atoms with Gasteiger partial charge in [-0.15, -0.1) is 0 Å². The number of hydrogen-bond donors (Lipinski definition) is 1. The highest BCUT2D eigenvalue weighted by Crippen LogP contribution is 2.66. The topological polar surface area (TPSA) is 54.4 Å². The summed E-state index contributed by atoms with van der Waals surface area (Å²) < 4.78 is 12.7.